The summed E-state index contributed by atoms with van der Waals surface area (Å²) >= 11 is 0. The van der Waals surface area contributed by atoms with E-state index in [0.717, 1.165) is 30.1 Å². The van der Waals surface area contributed by atoms with E-state index in [-0.39, 0.29) is 0 Å². The van der Waals surface area contributed by atoms with Crippen molar-refractivity contribution in [1.29, 1.82) is 0 Å². The highest BCUT2D eigenvalue weighted by molar-refractivity contribution is 6.85. The molecule has 0 aliphatic heterocycles. The lowest BCUT2D eigenvalue weighted by molar-refractivity contribution is 0.424. The second kappa shape index (κ2) is 5.32. The summed E-state index contributed by atoms with van der Waals surface area (Å²) in [4.78, 5) is 12.6. The van der Waals surface area contributed by atoms with E-state index in [0.29, 0.717) is 0 Å². The largest absolute Gasteiger partial charge is 0.291 e. The van der Waals surface area contributed by atoms with Crippen LogP contribution < -0.4 is 5.19 Å². The molecule has 2 heteroatoms. The average molecular weight is 207 g/mol. The molecule has 0 spiro atoms. The van der Waals surface area contributed by atoms with E-state index < -0.39 is 8.32 Å². The minimum atomic E-state index is -2.38. The normalized spacial score (nSPS) is 11.6. The van der Waals surface area contributed by atoms with Gasteiger partial charge < -0.3 is 0 Å². The first-order chi connectivity index (χ1) is 6.73. The Morgan fingerprint density at radius 1 is 1.00 bits per heavy atom. The highest BCUT2D eigenvalue weighted by atomic mass is 28.4. The van der Waals surface area contributed by atoms with E-state index in [1.54, 1.807) is 0 Å². The molecule has 0 saturated carbocycles. The van der Waals surface area contributed by atoms with Crippen molar-refractivity contribution in [2.24, 2.45) is 0 Å². The molecule has 0 unspecified atom stereocenters. The second-order valence-corrected chi connectivity index (χ2v) is 7.43. The molecule has 0 bridgehead atoms. The highest BCUT2D eigenvalue weighted by Gasteiger charge is 2.33. The molecule has 0 saturated heterocycles. The number of hydrogen-bond donors (Lipinski definition) is 0. The molecule has 1 radical (unpaired) electrons. The van der Waals surface area contributed by atoms with E-state index in [4.69, 9.17) is 0 Å². The maximum atomic E-state index is 12.6. The molecule has 0 heterocycles. The fourth-order valence-electron chi connectivity index (χ4n) is 1.96. The Balaban J connectivity index is 2.87. The molecule has 77 valence electrons. The van der Waals surface area contributed by atoms with Gasteiger partial charge in [-0.3, -0.25) is 4.80 Å². The number of rotatable bonds is 5. The van der Waals surface area contributed by atoms with Crippen molar-refractivity contribution in [2.45, 2.75) is 38.8 Å². The highest BCUT2D eigenvalue weighted by Crippen LogP contribution is 2.17. The number of benzene rings is 1. The summed E-state index contributed by atoms with van der Waals surface area (Å²) in [5, 5.41) is 1.09. The first kappa shape index (κ1) is 11.5. The Kier molecular flexibility index (Phi) is 4.36. The van der Waals surface area contributed by atoms with Gasteiger partial charge in [-0.05, 0) is 17.3 Å². The lowest BCUT2D eigenvalue weighted by atomic mass is 10.4. The van der Waals surface area contributed by atoms with Gasteiger partial charge in [0.15, 0.2) is 0 Å². The van der Waals surface area contributed by atoms with Crippen molar-refractivity contribution >= 4 is 13.5 Å². The predicted molar refractivity (Wildman–Crippen MR) is 62.7 cm³/mol. The van der Waals surface area contributed by atoms with Crippen molar-refractivity contribution in [3.63, 3.8) is 0 Å². The monoisotopic (exact) mass is 207 g/mol. The molecule has 0 aliphatic rings. The van der Waals surface area contributed by atoms with Crippen LogP contribution in [0.25, 0.3) is 0 Å². The minimum absolute atomic E-state index is 0.880. The molecule has 1 aromatic carbocycles. The third-order valence-electron chi connectivity index (χ3n) is 2.61. The third-order valence-corrected chi connectivity index (χ3v) is 6.61. The van der Waals surface area contributed by atoms with Gasteiger partial charge in [-0.2, -0.15) is 0 Å². The minimum Gasteiger partial charge on any atom is -0.291 e. The van der Waals surface area contributed by atoms with E-state index >= 15 is 0 Å². The van der Waals surface area contributed by atoms with Crippen molar-refractivity contribution in [1.82, 2.24) is 0 Å². The van der Waals surface area contributed by atoms with Crippen LogP contribution in [0, 0.1) is 0 Å². The summed E-state index contributed by atoms with van der Waals surface area (Å²) in [5.41, 5.74) is 0. The molecular weight excluding hydrogens is 188 g/mol. The predicted octanol–water partition coefficient (Wildman–Crippen LogP) is 3.09. The van der Waals surface area contributed by atoms with Crippen molar-refractivity contribution < 1.29 is 4.80 Å². The van der Waals surface area contributed by atoms with Gasteiger partial charge >= 0.3 is 0 Å². The zero-order chi connectivity index (χ0) is 10.4. The van der Waals surface area contributed by atoms with Crippen LogP contribution in [0.3, 0.4) is 0 Å². The van der Waals surface area contributed by atoms with E-state index in [2.05, 4.69) is 13.8 Å². The Morgan fingerprint density at radius 2 is 1.50 bits per heavy atom. The van der Waals surface area contributed by atoms with Gasteiger partial charge in [-0.1, -0.05) is 57.0 Å². The Morgan fingerprint density at radius 3 is 1.93 bits per heavy atom. The Labute approximate surface area is 87.9 Å². The van der Waals surface area contributed by atoms with Crippen LogP contribution in [-0.4, -0.2) is 8.32 Å². The quantitative estimate of drug-likeness (QED) is 0.661. The van der Waals surface area contributed by atoms with Crippen molar-refractivity contribution in [3.05, 3.63) is 30.3 Å². The molecule has 14 heavy (non-hydrogen) atoms. The van der Waals surface area contributed by atoms with E-state index in [1.165, 1.54) is 0 Å². The summed E-state index contributed by atoms with van der Waals surface area (Å²) in [6.45, 7) is 4.22. The Bertz CT molecular complexity index is 252. The summed E-state index contributed by atoms with van der Waals surface area (Å²) in [6.07, 6.45) is 2.04. The smallest absolute Gasteiger partial charge is 0.268 e. The first-order valence-electron chi connectivity index (χ1n) is 5.49. The van der Waals surface area contributed by atoms with Crippen LogP contribution in [0.2, 0.25) is 12.1 Å². The van der Waals surface area contributed by atoms with Crippen LogP contribution in [0.4, 0.5) is 0 Å². The molecule has 1 aromatic rings. The van der Waals surface area contributed by atoms with E-state index in [1.807, 2.05) is 30.3 Å². The van der Waals surface area contributed by atoms with Crippen LogP contribution >= 0.6 is 0 Å². The maximum Gasteiger partial charge on any atom is 0.268 e. The maximum absolute atomic E-state index is 12.6. The standard InChI is InChI=1S/C12H19OSi/c1-3-10-14(13,11-4-2)12-8-6-5-7-9-12/h5-9H,3-4,10-11H2,1-2H3. The summed E-state index contributed by atoms with van der Waals surface area (Å²) in [5.74, 6) is 0. The van der Waals surface area contributed by atoms with Gasteiger partial charge in [0, 0.05) is 0 Å². The SMILES string of the molecule is CCC[Si]([O])(CCC)c1ccccc1. The summed E-state index contributed by atoms with van der Waals surface area (Å²) < 4.78 is 0. The molecule has 0 amide bonds. The lowest BCUT2D eigenvalue weighted by Gasteiger charge is -2.21. The van der Waals surface area contributed by atoms with Gasteiger partial charge in [0.1, 0.15) is 0 Å². The number of hydrogen-bond acceptors (Lipinski definition) is 0. The first-order valence-corrected chi connectivity index (χ1v) is 7.81. The molecule has 0 aliphatic carbocycles. The Hall–Kier alpha value is -0.603. The third kappa shape index (κ3) is 2.69. The topological polar surface area (TPSA) is 19.9 Å². The molecule has 1 nitrogen and oxygen atoms in total. The molecule has 0 N–H and O–H groups in total. The van der Waals surface area contributed by atoms with Crippen LogP contribution in [0.1, 0.15) is 26.7 Å². The lowest BCUT2D eigenvalue weighted by Crippen LogP contribution is -2.46. The van der Waals surface area contributed by atoms with Crippen LogP contribution in [0.5, 0.6) is 0 Å². The molecular formula is C12H19OSi. The molecule has 0 aromatic heterocycles. The molecule has 0 atom stereocenters. The molecule has 1 rings (SSSR count). The fourth-order valence-corrected chi connectivity index (χ4v) is 5.21. The van der Waals surface area contributed by atoms with Gasteiger partial charge in [0.2, 0.25) is 0 Å². The average Bonchev–Trinajstić information content (AvgIpc) is 2.20. The molecule has 0 fully saturated rings. The van der Waals surface area contributed by atoms with E-state index in [9.17, 15) is 4.80 Å². The summed E-state index contributed by atoms with van der Waals surface area (Å²) in [6, 6.07) is 11.8. The van der Waals surface area contributed by atoms with Gasteiger partial charge in [-0.15, -0.1) is 0 Å². The van der Waals surface area contributed by atoms with Crippen molar-refractivity contribution in [3.8, 4) is 0 Å². The zero-order valence-corrected chi connectivity index (χ0v) is 10.1. The second-order valence-electron chi connectivity index (χ2n) is 3.86. The van der Waals surface area contributed by atoms with Crippen LogP contribution in [-0.2, 0) is 4.80 Å². The summed E-state index contributed by atoms with van der Waals surface area (Å²) in [7, 11) is -2.38. The zero-order valence-electron chi connectivity index (χ0n) is 9.12. The van der Waals surface area contributed by atoms with Gasteiger partial charge in [0.05, 0.1) is 0 Å². The van der Waals surface area contributed by atoms with Gasteiger partial charge in [0.25, 0.3) is 8.32 Å². The van der Waals surface area contributed by atoms with Gasteiger partial charge in [-0.25, -0.2) is 0 Å². The van der Waals surface area contributed by atoms with Crippen LogP contribution in [0.15, 0.2) is 30.3 Å². The fraction of sp³-hybridized carbons (Fsp3) is 0.500. The van der Waals surface area contributed by atoms with Crippen molar-refractivity contribution in [2.75, 3.05) is 0 Å².